The Labute approximate surface area is 166 Å². The lowest BCUT2D eigenvalue weighted by Gasteiger charge is -2.11. The zero-order valence-corrected chi connectivity index (χ0v) is 15.6. The number of fused-ring (bicyclic) bond motifs is 3. The van der Waals surface area contributed by atoms with E-state index in [2.05, 4.69) is 23.2 Å². The molecule has 0 N–H and O–H groups in total. The van der Waals surface area contributed by atoms with E-state index in [9.17, 15) is 4.79 Å². The number of benzene rings is 3. The number of halogens is 1. The normalized spacial score (nSPS) is 11.2. The minimum Gasteiger partial charge on any atom is -0.300 e. The molecule has 0 spiro atoms. The second-order valence-corrected chi connectivity index (χ2v) is 7.08. The van der Waals surface area contributed by atoms with Crippen LogP contribution in [-0.2, 0) is 0 Å². The summed E-state index contributed by atoms with van der Waals surface area (Å²) in [5.41, 5.74) is 5.30. The molecule has 28 heavy (non-hydrogen) atoms. The van der Waals surface area contributed by atoms with Gasteiger partial charge in [-0.2, -0.15) is 0 Å². The third-order valence-corrected chi connectivity index (χ3v) is 5.19. The van der Waals surface area contributed by atoms with E-state index in [4.69, 9.17) is 11.6 Å². The first-order valence-corrected chi connectivity index (χ1v) is 9.34. The van der Waals surface area contributed by atoms with E-state index in [0.717, 1.165) is 27.7 Å². The van der Waals surface area contributed by atoms with Crippen LogP contribution in [0.3, 0.4) is 0 Å². The second-order valence-electron chi connectivity index (χ2n) is 6.65. The highest BCUT2D eigenvalue weighted by Gasteiger charge is 2.14. The molecule has 0 unspecified atom stereocenters. The number of imidazole rings is 1. The van der Waals surface area contributed by atoms with Gasteiger partial charge in [0.2, 0.25) is 0 Å². The molecule has 5 aromatic rings. The van der Waals surface area contributed by atoms with Crippen molar-refractivity contribution in [1.29, 1.82) is 0 Å². The Morgan fingerprint density at radius 3 is 2.39 bits per heavy atom. The molecule has 3 nitrogen and oxygen atoms in total. The molecular formula is C24H15ClN2O. The molecule has 134 valence electrons. The summed E-state index contributed by atoms with van der Waals surface area (Å²) >= 11 is 5.95. The van der Waals surface area contributed by atoms with Crippen LogP contribution in [0.2, 0.25) is 5.02 Å². The van der Waals surface area contributed by atoms with Crippen molar-refractivity contribution in [1.82, 2.24) is 9.38 Å². The van der Waals surface area contributed by atoms with Crippen LogP contribution in [-0.4, -0.2) is 15.2 Å². The molecule has 0 bridgehead atoms. The van der Waals surface area contributed by atoms with Crippen molar-refractivity contribution >= 4 is 33.9 Å². The zero-order chi connectivity index (χ0) is 19.1. The van der Waals surface area contributed by atoms with E-state index >= 15 is 0 Å². The van der Waals surface area contributed by atoms with Crippen LogP contribution in [0.15, 0.2) is 91.3 Å². The fraction of sp³-hybridized carbons (Fsp3) is 0. The SMILES string of the molecule is O=C(c1ccc(Cl)cc1)c1ccc2c(c1)c(-c1ccccc1)cc1nccn12. The summed E-state index contributed by atoms with van der Waals surface area (Å²) in [5.74, 6) is -0.0247. The minimum absolute atomic E-state index is 0.0247. The van der Waals surface area contributed by atoms with Crippen molar-refractivity contribution in [3.63, 3.8) is 0 Å². The number of carbonyl (C=O) groups is 1. The van der Waals surface area contributed by atoms with E-state index in [0.29, 0.717) is 16.1 Å². The van der Waals surface area contributed by atoms with Gasteiger partial charge in [-0.15, -0.1) is 0 Å². The van der Waals surface area contributed by atoms with Crippen molar-refractivity contribution in [3.05, 3.63) is 107 Å². The molecule has 0 amide bonds. The first-order valence-electron chi connectivity index (χ1n) is 8.96. The highest BCUT2D eigenvalue weighted by molar-refractivity contribution is 6.30. The van der Waals surface area contributed by atoms with E-state index in [-0.39, 0.29) is 5.78 Å². The molecule has 2 aromatic heterocycles. The monoisotopic (exact) mass is 382 g/mol. The van der Waals surface area contributed by atoms with E-state index in [1.165, 1.54) is 0 Å². The summed E-state index contributed by atoms with van der Waals surface area (Å²) in [5, 5.41) is 1.63. The number of rotatable bonds is 3. The van der Waals surface area contributed by atoms with Crippen LogP contribution in [0.4, 0.5) is 0 Å². The van der Waals surface area contributed by atoms with Crippen molar-refractivity contribution < 1.29 is 4.79 Å². The van der Waals surface area contributed by atoms with Gasteiger partial charge in [-0.25, -0.2) is 4.98 Å². The molecule has 0 saturated heterocycles. The van der Waals surface area contributed by atoms with Crippen molar-refractivity contribution in [2.45, 2.75) is 0 Å². The molecule has 0 fully saturated rings. The van der Waals surface area contributed by atoms with E-state index < -0.39 is 0 Å². The zero-order valence-electron chi connectivity index (χ0n) is 14.8. The Balaban J connectivity index is 1.75. The van der Waals surface area contributed by atoms with Crippen LogP contribution < -0.4 is 0 Å². The third-order valence-electron chi connectivity index (χ3n) is 4.94. The number of ketones is 1. The van der Waals surface area contributed by atoms with E-state index in [1.54, 1.807) is 30.5 Å². The van der Waals surface area contributed by atoms with Gasteiger partial charge in [0.1, 0.15) is 5.65 Å². The first-order chi connectivity index (χ1) is 13.7. The molecule has 0 saturated carbocycles. The molecule has 5 rings (SSSR count). The molecule has 0 aliphatic carbocycles. The fourth-order valence-electron chi connectivity index (χ4n) is 3.56. The van der Waals surface area contributed by atoms with Gasteiger partial charge in [0.15, 0.2) is 5.78 Å². The molecule has 2 heterocycles. The van der Waals surface area contributed by atoms with Crippen LogP contribution in [0.5, 0.6) is 0 Å². The predicted molar refractivity (Wildman–Crippen MR) is 113 cm³/mol. The first kappa shape index (κ1) is 16.7. The van der Waals surface area contributed by atoms with Gasteiger partial charge < -0.3 is 0 Å². The fourth-order valence-corrected chi connectivity index (χ4v) is 3.69. The summed E-state index contributed by atoms with van der Waals surface area (Å²) < 4.78 is 2.04. The number of hydrogen-bond donors (Lipinski definition) is 0. The average Bonchev–Trinajstić information content (AvgIpc) is 3.22. The van der Waals surface area contributed by atoms with Crippen LogP contribution in [0.25, 0.3) is 27.7 Å². The van der Waals surface area contributed by atoms with Crippen molar-refractivity contribution in [2.24, 2.45) is 0 Å². The second kappa shape index (κ2) is 6.63. The van der Waals surface area contributed by atoms with E-state index in [1.807, 2.05) is 47.0 Å². The maximum absolute atomic E-state index is 13.0. The number of nitrogens with zero attached hydrogens (tertiary/aromatic N) is 2. The Hall–Kier alpha value is -3.43. The smallest absolute Gasteiger partial charge is 0.193 e. The summed E-state index contributed by atoms with van der Waals surface area (Å²) in [6, 6.07) is 25.0. The third kappa shape index (κ3) is 2.77. The highest BCUT2D eigenvalue weighted by Crippen LogP contribution is 2.31. The van der Waals surface area contributed by atoms with Gasteiger partial charge in [0.05, 0.1) is 5.52 Å². The average molecular weight is 383 g/mol. The maximum Gasteiger partial charge on any atom is 0.193 e. The standard InChI is InChI=1S/C24H15ClN2O/c25-19-9-6-17(7-10-19)24(28)18-8-11-22-21(14-18)20(16-4-2-1-3-5-16)15-23-26-12-13-27(22)23/h1-15H. The Kier molecular flexibility index (Phi) is 3.96. The summed E-state index contributed by atoms with van der Waals surface area (Å²) in [6.45, 7) is 0. The summed E-state index contributed by atoms with van der Waals surface area (Å²) in [6.07, 6.45) is 3.73. The Morgan fingerprint density at radius 2 is 1.61 bits per heavy atom. The number of aromatic nitrogens is 2. The van der Waals surface area contributed by atoms with Gasteiger partial charge >= 0.3 is 0 Å². The minimum atomic E-state index is -0.0247. The topological polar surface area (TPSA) is 34.4 Å². The lowest BCUT2D eigenvalue weighted by Crippen LogP contribution is -2.02. The van der Waals surface area contributed by atoms with Crippen molar-refractivity contribution in [2.75, 3.05) is 0 Å². The lowest BCUT2D eigenvalue weighted by molar-refractivity contribution is 0.103. The highest BCUT2D eigenvalue weighted by atomic mass is 35.5. The van der Waals surface area contributed by atoms with Crippen LogP contribution in [0.1, 0.15) is 15.9 Å². The summed E-state index contributed by atoms with van der Waals surface area (Å²) in [4.78, 5) is 17.5. The predicted octanol–water partition coefficient (Wildman–Crippen LogP) is 6.04. The Bertz CT molecular complexity index is 1320. The van der Waals surface area contributed by atoms with Gasteiger partial charge in [-0.3, -0.25) is 9.20 Å². The van der Waals surface area contributed by atoms with Crippen molar-refractivity contribution in [3.8, 4) is 11.1 Å². The number of pyridine rings is 1. The van der Waals surface area contributed by atoms with Crippen LogP contribution >= 0.6 is 11.6 Å². The molecular weight excluding hydrogens is 368 g/mol. The number of hydrogen-bond acceptors (Lipinski definition) is 2. The maximum atomic E-state index is 13.0. The molecule has 3 aromatic carbocycles. The molecule has 0 atom stereocenters. The largest absolute Gasteiger partial charge is 0.300 e. The number of carbonyl (C=O) groups excluding carboxylic acids is 1. The quantitative estimate of drug-likeness (QED) is 0.356. The molecule has 0 aliphatic heterocycles. The van der Waals surface area contributed by atoms with Gasteiger partial charge in [0, 0.05) is 33.9 Å². The van der Waals surface area contributed by atoms with Gasteiger partial charge in [-0.1, -0.05) is 41.9 Å². The van der Waals surface area contributed by atoms with Gasteiger partial charge in [0.25, 0.3) is 0 Å². The molecule has 0 aliphatic rings. The summed E-state index contributed by atoms with van der Waals surface area (Å²) in [7, 11) is 0. The molecule has 0 radical (unpaired) electrons. The lowest BCUT2D eigenvalue weighted by atomic mass is 9.96. The van der Waals surface area contributed by atoms with Gasteiger partial charge in [-0.05, 0) is 59.7 Å². The van der Waals surface area contributed by atoms with Crippen LogP contribution in [0, 0.1) is 0 Å². The Morgan fingerprint density at radius 1 is 0.857 bits per heavy atom. The molecule has 4 heteroatoms.